The van der Waals surface area contributed by atoms with Crippen molar-refractivity contribution in [3.8, 4) is 12.1 Å². The molecule has 42 heavy (non-hydrogen) atoms. The normalized spacial score (nSPS) is 14.8. The summed E-state index contributed by atoms with van der Waals surface area (Å²) in [5.74, 6) is -0.313. The first-order valence-electron chi connectivity index (χ1n) is 14.8. The number of carbonyl (C=O) groups excluding carboxylic acids is 1. The molecule has 1 amide bonds. The van der Waals surface area contributed by atoms with E-state index in [1.165, 1.54) is 0 Å². The van der Waals surface area contributed by atoms with Crippen LogP contribution >= 0.6 is 0 Å². The van der Waals surface area contributed by atoms with E-state index in [1.807, 2.05) is 38.1 Å². The fraction of sp³-hybridized carbons (Fsp3) is 0.500. The number of aryl methyl sites for hydroxylation is 2. The third-order valence-corrected chi connectivity index (χ3v) is 12.9. The molecule has 0 radical (unpaired) electrons. The van der Waals surface area contributed by atoms with Crippen LogP contribution in [-0.4, -0.2) is 51.0 Å². The molecule has 0 bridgehead atoms. The number of nitrogens with one attached hydrogen (secondary N) is 1. The van der Waals surface area contributed by atoms with E-state index in [9.17, 15) is 15.3 Å². The fourth-order valence-corrected chi connectivity index (χ4v) is 6.19. The number of hydrogen-bond acceptors (Lipinski definition) is 6. The summed E-state index contributed by atoms with van der Waals surface area (Å²) in [5, 5.41) is 23.6. The monoisotopic (exact) mass is 585 g/mol. The van der Waals surface area contributed by atoms with Crippen LogP contribution in [0.25, 0.3) is 0 Å². The molecule has 2 aromatic carbocycles. The minimum Gasteiger partial charge on any atom is -0.413 e. The topological polar surface area (TPSA) is 92.4 Å². The second-order valence-electron chi connectivity index (χ2n) is 13.2. The number of nitrogens with zero attached hydrogens (tertiary/aromatic N) is 4. The first kappa shape index (κ1) is 33.2. The average Bonchev–Trinajstić information content (AvgIpc) is 3.43. The minimum atomic E-state index is -1.97. The number of carbonyl (C=O) groups is 1. The van der Waals surface area contributed by atoms with E-state index in [4.69, 9.17) is 4.43 Å². The Hall–Kier alpha value is -3.27. The molecule has 1 heterocycles. The van der Waals surface area contributed by atoms with Gasteiger partial charge >= 0.3 is 0 Å². The summed E-state index contributed by atoms with van der Waals surface area (Å²) in [6, 6.07) is 17.7. The van der Waals surface area contributed by atoms with Gasteiger partial charge in [-0.05, 0) is 75.5 Å². The summed E-state index contributed by atoms with van der Waals surface area (Å²) in [7, 11) is -1.97. The summed E-state index contributed by atoms with van der Waals surface area (Å²) >= 11 is 0. The lowest BCUT2D eigenvalue weighted by atomic mass is 9.91. The van der Waals surface area contributed by atoms with Gasteiger partial charge in [-0.25, -0.2) is 0 Å². The molecule has 1 atom stereocenters. The summed E-state index contributed by atoms with van der Waals surface area (Å²) in [6.45, 7) is 21.7. The van der Waals surface area contributed by atoms with Crippen LogP contribution in [-0.2, 0) is 22.2 Å². The molecule has 1 saturated heterocycles. The van der Waals surface area contributed by atoms with E-state index < -0.39 is 14.4 Å². The second kappa shape index (κ2) is 13.8. The molecular weight excluding hydrogens is 538 g/mol. The smallest absolute Gasteiger partial charge is 0.258 e. The molecule has 8 heteroatoms. The van der Waals surface area contributed by atoms with Crippen LogP contribution in [0, 0.1) is 36.5 Å². The maximum atomic E-state index is 14.6. The third kappa shape index (κ3) is 7.96. The number of anilines is 1. The highest BCUT2D eigenvalue weighted by Gasteiger charge is 2.38. The molecule has 1 aliphatic heterocycles. The highest BCUT2D eigenvalue weighted by molar-refractivity contribution is 6.74. The zero-order chi connectivity index (χ0) is 31.2. The molecular formula is C34H47N5O2Si. The first-order valence-corrected chi connectivity index (χ1v) is 17.7. The Morgan fingerprint density at radius 2 is 1.71 bits per heavy atom. The molecule has 7 nitrogen and oxygen atoms in total. The number of allylic oxidation sites excluding steroid dienone is 1. The van der Waals surface area contributed by atoms with Gasteiger partial charge in [-0.2, -0.15) is 10.5 Å². The van der Waals surface area contributed by atoms with Crippen molar-refractivity contribution in [2.24, 2.45) is 0 Å². The molecule has 1 fully saturated rings. The molecule has 0 saturated carbocycles. The summed E-state index contributed by atoms with van der Waals surface area (Å²) in [5.41, 5.74) is 5.18. The highest BCUT2D eigenvalue weighted by atomic mass is 28.4. The van der Waals surface area contributed by atoms with Crippen LogP contribution in [0.2, 0.25) is 18.1 Å². The zero-order valence-corrected chi connectivity index (χ0v) is 27.8. The summed E-state index contributed by atoms with van der Waals surface area (Å²) < 4.78 is 6.47. The van der Waals surface area contributed by atoms with Crippen LogP contribution in [0.15, 0.2) is 53.6 Å². The molecule has 1 aliphatic rings. The Balaban J connectivity index is 2.07. The van der Waals surface area contributed by atoms with Gasteiger partial charge in [0.1, 0.15) is 17.7 Å². The average molecular weight is 586 g/mol. The van der Waals surface area contributed by atoms with Gasteiger partial charge < -0.3 is 14.6 Å². The number of rotatable bonds is 10. The van der Waals surface area contributed by atoms with E-state index in [-0.39, 0.29) is 28.1 Å². The molecule has 3 rings (SSSR count). The molecule has 0 spiro atoms. The van der Waals surface area contributed by atoms with Crippen molar-refractivity contribution in [2.75, 3.05) is 24.7 Å². The fourth-order valence-electron chi connectivity index (χ4n) is 5.23. The molecule has 2 aromatic rings. The minimum absolute atomic E-state index is 0.0878. The van der Waals surface area contributed by atoms with Crippen molar-refractivity contribution in [3.05, 3.63) is 75.9 Å². The molecule has 0 aromatic heterocycles. The maximum absolute atomic E-state index is 14.6. The molecule has 224 valence electrons. The standard InChI is InChI=1S/C34H47N5O2Si/c1-24(2)39(30-12-10-11-27(18-30)22-41-42(8,9)34(5,6)7)33(40)32(29(20-35)21-36)31(38-14-13-37-23-38)19-28-16-25(3)15-26(4)17-28/h10-12,15-18,24,31,37H,13-14,19,22-23H2,1-9H3. The first-order chi connectivity index (χ1) is 19.7. The molecule has 1 N–H and O–H groups in total. The molecule has 0 aliphatic carbocycles. The van der Waals surface area contributed by atoms with Gasteiger partial charge in [-0.15, -0.1) is 0 Å². The lowest BCUT2D eigenvalue weighted by Gasteiger charge is -2.36. The highest BCUT2D eigenvalue weighted by Crippen LogP contribution is 2.37. The number of nitriles is 2. The van der Waals surface area contributed by atoms with Gasteiger partial charge in [0.2, 0.25) is 0 Å². The van der Waals surface area contributed by atoms with Crippen molar-refractivity contribution in [3.63, 3.8) is 0 Å². The van der Waals surface area contributed by atoms with Crippen molar-refractivity contribution < 1.29 is 9.22 Å². The lowest BCUT2D eigenvalue weighted by molar-refractivity contribution is -0.116. The Labute approximate surface area is 253 Å². The Morgan fingerprint density at radius 1 is 1.07 bits per heavy atom. The Morgan fingerprint density at radius 3 is 2.24 bits per heavy atom. The predicted molar refractivity (Wildman–Crippen MR) is 172 cm³/mol. The van der Waals surface area contributed by atoms with Gasteiger partial charge in [-0.1, -0.05) is 62.2 Å². The van der Waals surface area contributed by atoms with Crippen molar-refractivity contribution in [1.82, 2.24) is 10.2 Å². The largest absolute Gasteiger partial charge is 0.413 e. The maximum Gasteiger partial charge on any atom is 0.258 e. The third-order valence-electron chi connectivity index (χ3n) is 8.43. The van der Waals surface area contributed by atoms with E-state index in [1.54, 1.807) is 4.90 Å². The van der Waals surface area contributed by atoms with Gasteiger partial charge in [0.25, 0.3) is 5.91 Å². The lowest BCUT2D eigenvalue weighted by Crippen LogP contribution is -2.46. The zero-order valence-electron chi connectivity index (χ0n) is 26.8. The summed E-state index contributed by atoms with van der Waals surface area (Å²) in [4.78, 5) is 18.5. The molecule has 1 unspecified atom stereocenters. The Bertz CT molecular complexity index is 1350. The van der Waals surface area contributed by atoms with Crippen molar-refractivity contribution in [2.45, 2.75) is 91.7 Å². The number of amides is 1. The van der Waals surface area contributed by atoms with Crippen molar-refractivity contribution >= 4 is 19.9 Å². The quantitative estimate of drug-likeness (QED) is 0.198. The second-order valence-corrected chi connectivity index (χ2v) is 18.0. The number of benzene rings is 2. The van der Waals surface area contributed by atoms with Crippen LogP contribution < -0.4 is 10.2 Å². The van der Waals surface area contributed by atoms with Crippen LogP contribution in [0.4, 0.5) is 5.69 Å². The van der Waals surface area contributed by atoms with Gasteiger partial charge in [0, 0.05) is 37.5 Å². The van der Waals surface area contributed by atoms with Gasteiger partial charge in [-0.3, -0.25) is 9.69 Å². The van der Waals surface area contributed by atoms with E-state index in [0.717, 1.165) is 41.0 Å². The van der Waals surface area contributed by atoms with Crippen molar-refractivity contribution in [1.29, 1.82) is 10.5 Å². The van der Waals surface area contributed by atoms with Crippen LogP contribution in [0.3, 0.4) is 0 Å². The van der Waals surface area contributed by atoms with Crippen LogP contribution in [0.5, 0.6) is 0 Å². The SMILES string of the molecule is Cc1cc(C)cc(CC(C(C(=O)N(c2cccc(CO[Si](C)(C)C(C)(C)C)c2)C(C)C)=C(C#N)C#N)N2CCNC2)c1. The van der Waals surface area contributed by atoms with Gasteiger partial charge in [0.05, 0.1) is 12.2 Å². The van der Waals surface area contributed by atoms with E-state index >= 15 is 0 Å². The number of hydrogen-bond donors (Lipinski definition) is 1. The van der Waals surface area contributed by atoms with E-state index in [2.05, 4.69) is 88.3 Å². The Kier molecular flexibility index (Phi) is 10.9. The van der Waals surface area contributed by atoms with E-state index in [0.29, 0.717) is 19.7 Å². The summed E-state index contributed by atoms with van der Waals surface area (Å²) in [6.07, 6.45) is 0.518. The predicted octanol–water partition coefficient (Wildman–Crippen LogP) is 6.38. The van der Waals surface area contributed by atoms with Gasteiger partial charge in [0.15, 0.2) is 8.32 Å². The van der Waals surface area contributed by atoms with Crippen LogP contribution in [0.1, 0.15) is 56.9 Å².